The lowest BCUT2D eigenvalue weighted by Crippen LogP contribution is -2.06. The fourth-order valence-corrected chi connectivity index (χ4v) is 3.02. The van der Waals surface area contributed by atoms with Gasteiger partial charge < -0.3 is 4.74 Å². The van der Waals surface area contributed by atoms with Crippen molar-refractivity contribution in [1.82, 2.24) is 0 Å². The lowest BCUT2D eigenvalue weighted by atomic mass is 10.1. The molecule has 0 saturated carbocycles. The number of carbonyl (C=O) groups excluding carboxylic acids is 1. The molecule has 0 heterocycles. The van der Waals surface area contributed by atoms with E-state index < -0.39 is 0 Å². The van der Waals surface area contributed by atoms with Gasteiger partial charge in [-0.15, -0.1) is 11.8 Å². The normalized spacial score (nSPS) is 10.4. The number of Topliss-reactive ketones (excluding diaryl/α,β-unsaturated/α-hetero) is 1. The zero-order valence-corrected chi connectivity index (χ0v) is 14.5. The summed E-state index contributed by atoms with van der Waals surface area (Å²) in [7, 11) is 1.63. The van der Waals surface area contributed by atoms with Crippen LogP contribution >= 0.6 is 27.7 Å². The van der Waals surface area contributed by atoms with E-state index in [9.17, 15) is 4.79 Å². The summed E-state index contributed by atoms with van der Waals surface area (Å²) < 4.78 is 6.14. The summed E-state index contributed by atoms with van der Waals surface area (Å²) in [4.78, 5) is 13.2. The molecule has 0 saturated heterocycles. The maximum absolute atomic E-state index is 12.1. The summed E-state index contributed by atoms with van der Waals surface area (Å²) in [6.07, 6.45) is 0.413. The van der Waals surface area contributed by atoms with Crippen molar-refractivity contribution in [3.05, 3.63) is 58.1 Å². The molecule has 2 nitrogen and oxygen atoms in total. The van der Waals surface area contributed by atoms with Crippen molar-refractivity contribution in [2.45, 2.75) is 18.2 Å². The van der Waals surface area contributed by atoms with Gasteiger partial charge in [0.1, 0.15) is 11.5 Å². The first-order valence-corrected chi connectivity index (χ1v) is 8.40. The summed E-state index contributed by atoms with van der Waals surface area (Å²) >= 11 is 5.05. The van der Waals surface area contributed by atoms with E-state index in [0.717, 1.165) is 20.7 Å². The Hall–Kier alpha value is -1.26. The molecule has 0 aliphatic carbocycles. The van der Waals surface area contributed by atoms with Gasteiger partial charge in [0.2, 0.25) is 0 Å². The second-order valence-corrected chi connectivity index (χ2v) is 6.68. The molecule has 0 amide bonds. The number of methoxy groups -OCH3 is 1. The van der Waals surface area contributed by atoms with Crippen LogP contribution in [0.3, 0.4) is 0 Å². The van der Waals surface area contributed by atoms with Gasteiger partial charge in [0.25, 0.3) is 0 Å². The zero-order valence-electron chi connectivity index (χ0n) is 12.1. The molecular formula is C17H17BrO2S. The highest BCUT2D eigenvalue weighted by molar-refractivity contribution is 9.10. The number of rotatable bonds is 6. The van der Waals surface area contributed by atoms with E-state index in [1.807, 2.05) is 18.2 Å². The summed E-state index contributed by atoms with van der Waals surface area (Å²) in [5.41, 5.74) is 2.19. The van der Waals surface area contributed by atoms with Crippen molar-refractivity contribution < 1.29 is 9.53 Å². The molecule has 0 radical (unpaired) electrons. The third kappa shape index (κ3) is 4.90. The fourth-order valence-electron chi connectivity index (χ4n) is 1.88. The maximum Gasteiger partial charge on any atom is 0.147 e. The minimum atomic E-state index is 0.203. The van der Waals surface area contributed by atoms with Crippen LogP contribution in [0, 0.1) is 6.92 Å². The minimum absolute atomic E-state index is 0.203. The molecule has 2 aromatic rings. The molecule has 4 heteroatoms. The van der Waals surface area contributed by atoms with E-state index in [4.69, 9.17) is 4.74 Å². The Balaban J connectivity index is 1.94. The summed E-state index contributed by atoms with van der Waals surface area (Å²) in [6.45, 7) is 2.06. The molecule has 0 aliphatic rings. The van der Waals surface area contributed by atoms with E-state index in [-0.39, 0.29) is 5.78 Å². The Kier molecular flexibility index (Phi) is 5.88. The van der Waals surface area contributed by atoms with Crippen LogP contribution in [0.4, 0.5) is 0 Å². The summed E-state index contributed by atoms with van der Waals surface area (Å²) in [5, 5.41) is 0. The highest BCUT2D eigenvalue weighted by Crippen LogP contribution is 2.24. The largest absolute Gasteiger partial charge is 0.497 e. The van der Waals surface area contributed by atoms with E-state index in [1.54, 1.807) is 18.9 Å². The second-order valence-electron chi connectivity index (χ2n) is 4.77. The zero-order chi connectivity index (χ0) is 15.2. The number of ketones is 1. The fraction of sp³-hybridized carbons (Fsp3) is 0.235. The number of benzene rings is 2. The van der Waals surface area contributed by atoms with Crippen molar-refractivity contribution in [3.8, 4) is 5.75 Å². The van der Waals surface area contributed by atoms with Gasteiger partial charge in [-0.3, -0.25) is 4.79 Å². The highest BCUT2D eigenvalue weighted by Gasteiger charge is 2.09. The molecule has 0 aromatic heterocycles. The van der Waals surface area contributed by atoms with Crippen LogP contribution in [0.5, 0.6) is 5.75 Å². The highest BCUT2D eigenvalue weighted by atomic mass is 79.9. The predicted molar refractivity (Wildman–Crippen MR) is 91.3 cm³/mol. The van der Waals surface area contributed by atoms with Crippen molar-refractivity contribution in [1.29, 1.82) is 0 Å². The molecular weight excluding hydrogens is 348 g/mol. The molecule has 0 bridgehead atoms. The van der Waals surface area contributed by atoms with Gasteiger partial charge in [0, 0.05) is 15.8 Å². The number of ether oxygens (including phenoxy) is 1. The number of aryl methyl sites for hydroxylation is 1. The van der Waals surface area contributed by atoms with Crippen LogP contribution in [0.25, 0.3) is 0 Å². The van der Waals surface area contributed by atoms with E-state index in [2.05, 4.69) is 47.1 Å². The smallest absolute Gasteiger partial charge is 0.147 e. The molecule has 0 fully saturated rings. The first kappa shape index (κ1) is 16.1. The van der Waals surface area contributed by atoms with Crippen molar-refractivity contribution in [2.75, 3.05) is 12.9 Å². The van der Waals surface area contributed by atoms with Crippen LogP contribution in [-0.2, 0) is 11.2 Å². The molecule has 110 valence electrons. The lowest BCUT2D eigenvalue weighted by Gasteiger charge is -2.07. The van der Waals surface area contributed by atoms with Gasteiger partial charge in [-0.25, -0.2) is 0 Å². The SMILES string of the molecule is COc1ccc(Br)c(CC(=O)CSc2ccc(C)cc2)c1. The lowest BCUT2D eigenvalue weighted by molar-refractivity contribution is -0.116. The molecule has 21 heavy (non-hydrogen) atoms. The topological polar surface area (TPSA) is 26.3 Å². The third-order valence-corrected chi connectivity index (χ3v) is 4.91. The number of carbonyl (C=O) groups is 1. The summed E-state index contributed by atoms with van der Waals surface area (Å²) in [5.74, 6) is 1.45. The molecule has 0 aliphatic heterocycles. The molecule has 0 unspecified atom stereocenters. The number of halogens is 1. The monoisotopic (exact) mass is 364 g/mol. The Morgan fingerprint density at radius 2 is 1.90 bits per heavy atom. The second kappa shape index (κ2) is 7.66. The van der Waals surface area contributed by atoms with Gasteiger partial charge in [-0.05, 0) is 42.8 Å². The van der Waals surface area contributed by atoms with Crippen molar-refractivity contribution >= 4 is 33.5 Å². The molecule has 0 atom stereocenters. The average molecular weight is 365 g/mol. The van der Waals surface area contributed by atoms with Crippen LogP contribution in [0.15, 0.2) is 51.8 Å². The van der Waals surface area contributed by atoms with Crippen LogP contribution in [0.2, 0.25) is 0 Å². The Morgan fingerprint density at radius 3 is 2.57 bits per heavy atom. The molecule has 2 aromatic carbocycles. The van der Waals surface area contributed by atoms with Crippen LogP contribution in [-0.4, -0.2) is 18.6 Å². The van der Waals surface area contributed by atoms with Crippen molar-refractivity contribution in [3.63, 3.8) is 0 Å². The van der Waals surface area contributed by atoms with Crippen LogP contribution < -0.4 is 4.74 Å². The Labute approximate surface area is 138 Å². The van der Waals surface area contributed by atoms with Gasteiger partial charge in [0.15, 0.2) is 0 Å². The Morgan fingerprint density at radius 1 is 1.19 bits per heavy atom. The predicted octanol–water partition coefficient (Wildman–Crippen LogP) is 4.67. The molecule has 0 spiro atoms. The Bertz CT molecular complexity index is 623. The number of thioether (sulfide) groups is 1. The minimum Gasteiger partial charge on any atom is -0.497 e. The van der Waals surface area contributed by atoms with E-state index in [1.165, 1.54) is 5.56 Å². The summed E-state index contributed by atoms with van der Waals surface area (Å²) in [6, 6.07) is 13.9. The van der Waals surface area contributed by atoms with Crippen LogP contribution in [0.1, 0.15) is 11.1 Å². The standard InChI is InChI=1S/C17H17BrO2S/c1-12-3-6-16(7-4-12)21-11-14(19)9-13-10-15(20-2)5-8-17(13)18/h3-8,10H,9,11H2,1-2H3. The number of hydrogen-bond donors (Lipinski definition) is 0. The van der Waals surface area contributed by atoms with Gasteiger partial charge >= 0.3 is 0 Å². The van der Waals surface area contributed by atoms with Gasteiger partial charge in [-0.1, -0.05) is 33.6 Å². The van der Waals surface area contributed by atoms with Gasteiger partial charge in [0.05, 0.1) is 12.9 Å². The first-order chi connectivity index (χ1) is 10.1. The van der Waals surface area contributed by atoms with E-state index >= 15 is 0 Å². The number of hydrogen-bond acceptors (Lipinski definition) is 3. The average Bonchev–Trinajstić information content (AvgIpc) is 2.49. The molecule has 0 N–H and O–H groups in total. The van der Waals surface area contributed by atoms with Gasteiger partial charge in [-0.2, -0.15) is 0 Å². The maximum atomic E-state index is 12.1. The van der Waals surface area contributed by atoms with Crippen molar-refractivity contribution in [2.24, 2.45) is 0 Å². The quantitative estimate of drug-likeness (QED) is 0.696. The first-order valence-electron chi connectivity index (χ1n) is 6.62. The molecule has 2 rings (SSSR count). The third-order valence-electron chi connectivity index (χ3n) is 3.06. The van der Waals surface area contributed by atoms with E-state index in [0.29, 0.717) is 12.2 Å².